The molecule has 15 heavy (non-hydrogen) atoms. The first-order chi connectivity index (χ1) is 7.19. The third-order valence-electron chi connectivity index (χ3n) is 2.77. The van der Waals surface area contributed by atoms with E-state index in [0.29, 0.717) is 5.92 Å². The molecule has 0 heterocycles. The number of aryl methyl sites for hydroxylation is 1. The molecule has 84 valence electrons. The Hall–Kier alpha value is -0.980. The van der Waals surface area contributed by atoms with Crippen molar-refractivity contribution in [1.29, 1.82) is 0 Å². The molecular weight excluding hydrogens is 184 g/mol. The third kappa shape index (κ3) is 3.26. The summed E-state index contributed by atoms with van der Waals surface area (Å²) in [7, 11) is 0. The van der Waals surface area contributed by atoms with E-state index in [1.165, 1.54) is 11.1 Å². The lowest BCUT2D eigenvalue weighted by molar-refractivity contribution is 0.312. The van der Waals surface area contributed by atoms with Gasteiger partial charge in [-0.15, -0.1) is 0 Å². The van der Waals surface area contributed by atoms with Crippen LogP contribution in [0.3, 0.4) is 0 Å². The van der Waals surface area contributed by atoms with Gasteiger partial charge in [0.05, 0.1) is 6.61 Å². The van der Waals surface area contributed by atoms with Gasteiger partial charge < -0.3 is 4.74 Å². The Labute approximate surface area is 93.5 Å². The van der Waals surface area contributed by atoms with Crippen molar-refractivity contribution in [2.24, 2.45) is 0 Å². The van der Waals surface area contributed by atoms with Gasteiger partial charge in [-0.1, -0.05) is 32.9 Å². The van der Waals surface area contributed by atoms with Crippen molar-refractivity contribution < 1.29 is 4.74 Å². The van der Waals surface area contributed by atoms with Crippen LogP contribution >= 0.6 is 0 Å². The molecular formula is C14H22O. The summed E-state index contributed by atoms with van der Waals surface area (Å²) < 4.78 is 5.79. The second-order valence-corrected chi connectivity index (χ2v) is 4.20. The highest BCUT2D eigenvalue weighted by Crippen LogP contribution is 2.29. The molecule has 0 saturated carbocycles. The molecule has 0 radical (unpaired) electrons. The SMILES string of the molecule is CCCOc1cc(C)ccc1C(C)CC. The monoisotopic (exact) mass is 206 g/mol. The van der Waals surface area contributed by atoms with Crippen LogP contribution in [0.5, 0.6) is 5.75 Å². The highest BCUT2D eigenvalue weighted by Gasteiger charge is 2.09. The standard InChI is InChI=1S/C14H22O/c1-5-9-15-14-10-11(3)7-8-13(14)12(4)6-2/h7-8,10,12H,5-6,9H2,1-4H3. The van der Waals surface area contributed by atoms with E-state index >= 15 is 0 Å². The predicted molar refractivity (Wildman–Crippen MR) is 65.7 cm³/mol. The first kappa shape index (κ1) is 12.1. The van der Waals surface area contributed by atoms with Gasteiger partial charge >= 0.3 is 0 Å². The average Bonchev–Trinajstić information content (AvgIpc) is 2.25. The number of rotatable bonds is 5. The third-order valence-corrected chi connectivity index (χ3v) is 2.77. The maximum atomic E-state index is 5.79. The average molecular weight is 206 g/mol. The molecule has 0 N–H and O–H groups in total. The van der Waals surface area contributed by atoms with Crippen LogP contribution in [0.25, 0.3) is 0 Å². The first-order valence-electron chi connectivity index (χ1n) is 5.92. The fourth-order valence-electron chi connectivity index (χ4n) is 1.61. The molecule has 1 nitrogen and oxygen atoms in total. The van der Waals surface area contributed by atoms with E-state index in [-0.39, 0.29) is 0 Å². The molecule has 0 amide bonds. The summed E-state index contributed by atoms with van der Waals surface area (Å²) in [6, 6.07) is 6.52. The molecule has 1 atom stereocenters. The molecule has 1 heteroatoms. The molecule has 0 fully saturated rings. The van der Waals surface area contributed by atoms with Gasteiger partial charge in [0.25, 0.3) is 0 Å². The van der Waals surface area contributed by atoms with E-state index in [2.05, 4.69) is 45.9 Å². The summed E-state index contributed by atoms with van der Waals surface area (Å²) in [5, 5.41) is 0. The van der Waals surface area contributed by atoms with Gasteiger partial charge in [-0.25, -0.2) is 0 Å². The largest absolute Gasteiger partial charge is 0.493 e. The van der Waals surface area contributed by atoms with E-state index in [1.807, 2.05) is 0 Å². The molecule has 0 aliphatic carbocycles. The predicted octanol–water partition coefficient (Wildman–Crippen LogP) is 4.30. The van der Waals surface area contributed by atoms with Crippen LogP contribution in [0.2, 0.25) is 0 Å². The summed E-state index contributed by atoms with van der Waals surface area (Å²) in [6.45, 7) is 9.53. The topological polar surface area (TPSA) is 9.23 Å². The Morgan fingerprint density at radius 2 is 2.00 bits per heavy atom. The molecule has 0 spiro atoms. The molecule has 1 aromatic rings. The molecule has 0 saturated heterocycles. The van der Waals surface area contributed by atoms with E-state index in [9.17, 15) is 0 Å². The Bertz CT molecular complexity index is 304. The molecule has 0 aromatic heterocycles. The number of ether oxygens (including phenoxy) is 1. The molecule has 1 rings (SSSR count). The lowest BCUT2D eigenvalue weighted by atomic mass is 9.96. The van der Waals surface area contributed by atoms with Gasteiger partial charge in [0.2, 0.25) is 0 Å². The highest BCUT2D eigenvalue weighted by molar-refractivity contribution is 5.39. The zero-order chi connectivity index (χ0) is 11.3. The van der Waals surface area contributed by atoms with Gasteiger partial charge in [0.15, 0.2) is 0 Å². The smallest absolute Gasteiger partial charge is 0.123 e. The fraction of sp³-hybridized carbons (Fsp3) is 0.571. The maximum absolute atomic E-state index is 5.79. The van der Waals surface area contributed by atoms with Crippen LogP contribution in [-0.2, 0) is 0 Å². The molecule has 0 aliphatic heterocycles. The molecule has 1 unspecified atom stereocenters. The van der Waals surface area contributed by atoms with Gasteiger partial charge in [-0.2, -0.15) is 0 Å². The Morgan fingerprint density at radius 1 is 1.27 bits per heavy atom. The van der Waals surface area contributed by atoms with Gasteiger partial charge in [0, 0.05) is 0 Å². The van der Waals surface area contributed by atoms with Gasteiger partial charge in [-0.05, 0) is 42.9 Å². The van der Waals surface area contributed by atoms with E-state index in [0.717, 1.165) is 25.2 Å². The summed E-state index contributed by atoms with van der Waals surface area (Å²) in [5.74, 6) is 1.66. The first-order valence-corrected chi connectivity index (χ1v) is 5.92. The van der Waals surface area contributed by atoms with Crippen LogP contribution in [0.15, 0.2) is 18.2 Å². The zero-order valence-electron chi connectivity index (χ0n) is 10.3. The molecule has 0 bridgehead atoms. The number of hydrogen-bond donors (Lipinski definition) is 0. The van der Waals surface area contributed by atoms with Crippen LogP contribution in [0, 0.1) is 6.92 Å². The minimum Gasteiger partial charge on any atom is -0.493 e. The van der Waals surface area contributed by atoms with Crippen molar-refractivity contribution in [3.8, 4) is 5.75 Å². The van der Waals surface area contributed by atoms with Crippen LogP contribution < -0.4 is 4.74 Å². The summed E-state index contributed by atoms with van der Waals surface area (Å²) in [4.78, 5) is 0. The van der Waals surface area contributed by atoms with Crippen molar-refractivity contribution in [1.82, 2.24) is 0 Å². The van der Waals surface area contributed by atoms with Crippen molar-refractivity contribution >= 4 is 0 Å². The second-order valence-electron chi connectivity index (χ2n) is 4.20. The summed E-state index contributed by atoms with van der Waals surface area (Å²) >= 11 is 0. The van der Waals surface area contributed by atoms with Gasteiger partial charge in [-0.3, -0.25) is 0 Å². The van der Waals surface area contributed by atoms with Crippen molar-refractivity contribution in [3.05, 3.63) is 29.3 Å². The lowest BCUT2D eigenvalue weighted by Crippen LogP contribution is -2.01. The van der Waals surface area contributed by atoms with E-state index < -0.39 is 0 Å². The Morgan fingerprint density at radius 3 is 2.60 bits per heavy atom. The number of benzene rings is 1. The van der Waals surface area contributed by atoms with Crippen molar-refractivity contribution in [2.45, 2.75) is 46.5 Å². The van der Waals surface area contributed by atoms with Crippen LogP contribution in [-0.4, -0.2) is 6.61 Å². The van der Waals surface area contributed by atoms with Crippen molar-refractivity contribution in [3.63, 3.8) is 0 Å². The Kier molecular flexibility index (Phi) is 4.67. The minimum atomic E-state index is 0.581. The van der Waals surface area contributed by atoms with E-state index in [1.54, 1.807) is 0 Å². The maximum Gasteiger partial charge on any atom is 0.123 e. The molecule has 1 aromatic carbocycles. The highest BCUT2D eigenvalue weighted by atomic mass is 16.5. The normalized spacial score (nSPS) is 12.5. The van der Waals surface area contributed by atoms with Gasteiger partial charge in [0.1, 0.15) is 5.75 Å². The molecule has 0 aliphatic rings. The van der Waals surface area contributed by atoms with Crippen molar-refractivity contribution in [2.75, 3.05) is 6.61 Å². The Balaban J connectivity index is 2.92. The summed E-state index contributed by atoms with van der Waals surface area (Å²) in [6.07, 6.45) is 2.22. The van der Waals surface area contributed by atoms with Crippen LogP contribution in [0.1, 0.15) is 50.7 Å². The summed E-state index contributed by atoms with van der Waals surface area (Å²) in [5.41, 5.74) is 2.62. The zero-order valence-corrected chi connectivity index (χ0v) is 10.3. The van der Waals surface area contributed by atoms with E-state index in [4.69, 9.17) is 4.74 Å². The van der Waals surface area contributed by atoms with Crippen LogP contribution in [0.4, 0.5) is 0 Å². The second kappa shape index (κ2) is 5.79. The quantitative estimate of drug-likeness (QED) is 0.698. The fourth-order valence-corrected chi connectivity index (χ4v) is 1.61. The number of hydrogen-bond acceptors (Lipinski definition) is 1. The lowest BCUT2D eigenvalue weighted by Gasteiger charge is -2.16. The minimum absolute atomic E-state index is 0.581.